The van der Waals surface area contributed by atoms with E-state index in [-0.39, 0.29) is 0 Å². The summed E-state index contributed by atoms with van der Waals surface area (Å²) >= 11 is 0. The van der Waals surface area contributed by atoms with E-state index in [0.29, 0.717) is 18.5 Å². The van der Waals surface area contributed by atoms with Gasteiger partial charge in [-0.25, -0.2) is 0 Å². The lowest BCUT2D eigenvalue weighted by molar-refractivity contribution is 0.0378. The van der Waals surface area contributed by atoms with Gasteiger partial charge >= 0.3 is 0 Å². The zero-order valence-corrected chi connectivity index (χ0v) is 13.3. The van der Waals surface area contributed by atoms with Crippen LogP contribution in [0.4, 0.5) is 5.69 Å². The number of aliphatic hydroxyl groups is 1. The molecule has 1 aromatic rings. The molecular weight excluding hydrogens is 248 g/mol. The molecule has 0 saturated carbocycles. The number of anilines is 1. The van der Waals surface area contributed by atoms with Crippen molar-refractivity contribution in [3.05, 3.63) is 24.0 Å². The molecule has 0 amide bonds. The van der Waals surface area contributed by atoms with Crippen LogP contribution in [0.3, 0.4) is 0 Å². The summed E-state index contributed by atoms with van der Waals surface area (Å²) in [6, 6.07) is 4.77. The molecule has 112 valence electrons. The first-order chi connectivity index (χ1) is 9.43. The van der Waals surface area contributed by atoms with Crippen LogP contribution in [0.5, 0.6) is 0 Å². The summed E-state index contributed by atoms with van der Waals surface area (Å²) in [5, 5.41) is 10.3. The molecule has 1 N–H and O–H groups in total. The SMILES string of the molecule is CCCC(C)c1ccc(N2C[C@](C)(O)CC[C@H]2C)cn1. The van der Waals surface area contributed by atoms with Crippen molar-refractivity contribution in [2.75, 3.05) is 11.4 Å². The van der Waals surface area contributed by atoms with Crippen LogP contribution in [-0.4, -0.2) is 28.3 Å². The van der Waals surface area contributed by atoms with Crippen LogP contribution < -0.4 is 4.90 Å². The smallest absolute Gasteiger partial charge is 0.0794 e. The number of β-amino-alcohol motifs (C(OH)–C–C–N with tert-alkyl or cyclic N) is 1. The normalized spacial score (nSPS) is 28.4. The molecule has 2 heterocycles. The van der Waals surface area contributed by atoms with Crippen LogP contribution in [0, 0.1) is 0 Å². The van der Waals surface area contributed by atoms with Gasteiger partial charge in [-0.1, -0.05) is 20.3 Å². The quantitative estimate of drug-likeness (QED) is 0.910. The van der Waals surface area contributed by atoms with Gasteiger partial charge in [0.15, 0.2) is 0 Å². The third kappa shape index (κ3) is 3.51. The van der Waals surface area contributed by atoms with E-state index >= 15 is 0 Å². The second-order valence-electron chi connectivity index (χ2n) is 6.64. The standard InChI is InChI=1S/C17H28N2O/c1-5-6-13(2)16-8-7-15(11-18-16)19-12-17(4,20)10-9-14(19)3/h7-8,11,13-14,20H,5-6,9-10,12H2,1-4H3/t13?,14-,17-/m1/s1. The van der Waals surface area contributed by atoms with Crippen molar-refractivity contribution in [2.45, 2.75) is 70.9 Å². The Kier molecular flexibility index (Phi) is 4.69. The van der Waals surface area contributed by atoms with Gasteiger partial charge in [0.05, 0.1) is 17.5 Å². The Hall–Kier alpha value is -1.09. The zero-order valence-electron chi connectivity index (χ0n) is 13.3. The van der Waals surface area contributed by atoms with E-state index in [1.165, 1.54) is 18.5 Å². The molecule has 0 bridgehead atoms. The third-order valence-corrected chi connectivity index (χ3v) is 4.47. The van der Waals surface area contributed by atoms with Crippen molar-refractivity contribution in [3.8, 4) is 0 Å². The number of rotatable bonds is 4. The minimum Gasteiger partial charge on any atom is -0.388 e. The molecule has 20 heavy (non-hydrogen) atoms. The van der Waals surface area contributed by atoms with Gasteiger partial charge in [-0.15, -0.1) is 0 Å². The van der Waals surface area contributed by atoms with Gasteiger partial charge in [-0.3, -0.25) is 4.98 Å². The second kappa shape index (κ2) is 6.13. The van der Waals surface area contributed by atoms with E-state index in [0.717, 1.165) is 18.5 Å². The first-order valence-electron chi connectivity index (χ1n) is 7.88. The van der Waals surface area contributed by atoms with Crippen molar-refractivity contribution in [2.24, 2.45) is 0 Å². The first-order valence-corrected chi connectivity index (χ1v) is 7.88. The van der Waals surface area contributed by atoms with Gasteiger partial charge in [0.1, 0.15) is 0 Å². The summed E-state index contributed by atoms with van der Waals surface area (Å²) in [6.07, 6.45) is 6.25. The Bertz CT molecular complexity index is 427. The van der Waals surface area contributed by atoms with E-state index in [4.69, 9.17) is 0 Å². The van der Waals surface area contributed by atoms with Gasteiger partial charge in [0.25, 0.3) is 0 Å². The number of hydrogen-bond donors (Lipinski definition) is 1. The topological polar surface area (TPSA) is 36.4 Å². The Morgan fingerprint density at radius 3 is 2.85 bits per heavy atom. The fourth-order valence-corrected chi connectivity index (χ4v) is 3.06. The average Bonchev–Trinajstić information content (AvgIpc) is 2.42. The molecule has 1 aromatic heterocycles. The molecule has 1 saturated heterocycles. The van der Waals surface area contributed by atoms with Gasteiger partial charge < -0.3 is 10.0 Å². The highest BCUT2D eigenvalue weighted by Gasteiger charge is 2.32. The highest BCUT2D eigenvalue weighted by molar-refractivity contribution is 5.47. The highest BCUT2D eigenvalue weighted by atomic mass is 16.3. The van der Waals surface area contributed by atoms with E-state index < -0.39 is 5.60 Å². The number of aromatic nitrogens is 1. The molecule has 1 unspecified atom stereocenters. The largest absolute Gasteiger partial charge is 0.388 e. The van der Waals surface area contributed by atoms with Gasteiger partial charge in [-0.2, -0.15) is 0 Å². The van der Waals surface area contributed by atoms with Gasteiger partial charge in [0.2, 0.25) is 0 Å². The number of hydrogen-bond acceptors (Lipinski definition) is 3. The van der Waals surface area contributed by atoms with Crippen molar-refractivity contribution in [1.29, 1.82) is 0 Å². The Morgan fingerprint density at radius 1 is 1.50 bits per heavy atom. The molecule has 3 nitrogen and oxygen atoms in total. The molecule has 1 aliphatic rings. The lowest BCUT2D eigenvalue weighted by Gasteiger charge is -2.42. The molecule has 0 radical (unpaired) electrons. The maximum atomic E-state index is 10.3. The summed E-state index contributed by atoms with van der Waals surface area (Å²) < 4.78 is 0. The van der Waals surface area contributed by atoms with Crippen molar-refractivity contribution in [3.63, 3.8) is 0 Å². The number of nitrogens with zero attached hydrogens (tertiary/aromatic N) is 2. The molecular formula is C17H28N2O. The lowest BCUT2D eigenvalue weighted by atomic mass is 9.90. The Labute approximate surface area is 123 Å². The van der Waals surface area contributed by atoms with Crippen LogP contribution in [0.2, 0.25) is 0 Å². The molecule has 0 aromatic carbocycles. The fraction of sp³-hybridized carbons (Fsp3) is 0.706. The average molecular weight is 276 g/mol. The van der Waals surface area contributed by atoms with E-state index in [9.17, 15) is 5.11 Å². The Morgan fingerprint density at radius 2 is 2.25 bits per heavy atom. The van der Waals surface area contributed by atoms with Gasteiger partial charge in [-0.05, 0) is 51.2 Å². The summed E-state index contributed by atoms with van der Waals surface area (Å²) in [5.74, 6) is 0.524. The minimum absolute atomic E-state index is 0.468. The second-order valence-corrected chi connectivity index (χ2v) is 6.64. The van der Waals surface area contributed by atoms with Gasteiger partial charge in [0, 0.05) is 18.3 Å². The van der Waals surface area contributed by atoms with Crippen LogP contribution in [-0.2, 0) is 0 Å². The van der Waals surface area contributed by atoms with Crippen molar-refractivity contribution < 1.29 is 5.11 Å². The fourth-order valence-electron chi connectivity index (χ4n) is 3.06. The van der Waals surface area contributed by atoms with Crippen molar-refractivity contribution in [1.82, 2.24) is 4.98 Å². The number of piperidine rings is 1. The van der Waals surface area contributed by atoms with E-state index in [2.05, 4.69) is 42.8 Å². The summed E-state index contributed by atoms with van der Waals surface area (Å²) in [7, 11) is 0. The van der Waals surface area contributed by atoms with E-state index in [1.54, 1.807) is 0 Å². The maximum absolute atomic E-state index is 10.3. The lowest BCUT2D eigenvalue weighted by Crippen LogP contribution is -2.50. The summed E-state index contributed by atoms with van der Waals surface area (Å²) in [5.41, 5.74) is 1.72. The number of pyridine rings is 1. The zero-order chi connectivity index (χ0) is 14.8. The van der Waals surface area contributed by atoms with E-state index in [1.807, 2.05) is 13.1 Å². The van der Waals surface area contributed by atoms with Crippen LogP contribution in [0.15, 0.2) is 18.3 Å². The van der Waals surface area contributed by atoms with Crippen LogP contribution in [0.1, 0.15) is 65.0 Å². The monoisotopic (exact) mass is 276 g/mol. The Balaban J connectivity index is 2.12. The highest BCUT2D eigenvalue weighted by Crippen LogP contribution is 2.30. The van der Waals surface area contributed by atoms with Crippen molar-refractivity contribution >= 4 is 5.69 Å². The molecule has 0 spiro atoms. The molecule has 1 fully saturated rings. The summed E-state index contributed by atoms with van der Waals surface area (Å²) in [6.45, 7) is 9.29. The molecule has 1 aliphatic heterocycles. The minimum atomic E-state index is -0.583. The summed E-state index contributed by atoms with van der Waals surface area (Å²) in [4.78, 5) is 6.91. The predicted molar refractivity (Wildman–Crippen MR) is 84.2 cm³/mol. The molecule has 3 heteroatoms. The molecule has 2 rings (SSSR count). The predicted octanol–water partition coefficient (Wildman–Crippen LogP) is 3.72. The third-order valence-electron chi connectivity index (χ3n) is 4.47. The first kappa shape index (κ1) is 15.3. The van der Waals surface area contributed by atoms with Crippen LogP contribution >= 0.6 is 0 Å². The van der Waals surface area contributed by atoms with Crippen LogP contribution in [0.25, 0.3) is 0 Å². The molecule has 3 atom stereocenters. The molecule has 0 aliphatic carbocycles. The maximum Gasteiger partial charge on any atom is 0.0794 e.